The molecule has 4 aromatic rings. The Morgan fingerprint density at radius 3 is 2.89 bits per heavy atom. The fourth-order valence-corrected chi connectivity index (χ4v) is 4.95. The number of hydrogen-bond acceptors (Lipinski definition) is 4. The Bertz CT molecular complexity index is 1020. The maximum atomic E-state index is 12.0. The molecule has 0 unspecified atom stereocenters. The minimum Gasteiger partial charge on any atom is -0.355 e. The molecular weight excluding hydrogens is 374 g/mol. The second-order valence-corrected chi connectivity index (χ2v) is 8.44. The molecule has 0 bridgehead atoms. The zero-order chi connectivity index (χ0) is 18.5. The average Bonchev–Trinajstić information content (AvgIpc) is 3.29. The van der Waals surface area contributed by atoms with Gasteiger partial charge in [-0.2, -0.15) is 0 Å². The second-order valence-electron chi connectivity index (χ2n) is 6.34. The van der Waals surface area contributed by atoms with Crippen molar-refractivity contribution in [2.24, 2.45) is 0 Å². The van der Waals surface area contributed by atoms with E-state index >= 15 is 0 Å². The maximum absolute atomic E-state index is 12.0. The molecule has 0 aliphatic heterocycles. The van der Waals surface area contributed by atoms with E-state index in [1.165, 1.54) is 15.6 Å². The van der Waals surface area contributed by atoms with Gasteiger partial charge < -0.3 is 9.88 Å². The Balaban J connectivity index is 1.16. The van der Waals surface area contributed by atoms with E-state index in [-0.39, 0.29) is 5.91 Å². The van der Waals surface area contributed by atoms with E-state index in [1.807, 2.05) is 18.2 Å². The molecular formula is C21H21N3OS2. The van der Waals surface area contributed by atoms with Crippen molar-refractivity contribution in [2.45, 2.75) is 18.7 Å². The van der Waals surface area contributed by atoms with E-state index in [2.05, 4.69) is 57.5 Å². The molecule has 27 heavy (non-hydrogen) atoms. The number of rotatable bonds is 8. The monoisotopic (exact) mass is 395 g/mol. The van der Waals surface area contributed by atoms with Crippen LogP contribution in [0.4, 0.5) is 0 Å². The van der Waals surface area contributed by atoms with Crippen LogP contribution in [-0.2, 0) is 17.1 Å². The van der Waals surface area contributed by atoms with Crippen molar-refractivity contribution in [3.05, 3.63) is 65.8 Å². The number of nitrogens with one attached hydrogen (secondary N) is 1. The van der Waals surface area contributed by atoms with Crippen LogP contribution in [0.1, 0.15) is 11.4 Å². The Kier molecular flexibility index (Phi) is 5.75. The van der Waals surface area contributed by atoms with E-state index < -0.39 is 0 Å². The first kappa shape index (κ1) is 18.1. The summed E-state index contributed by atoms with van der Waals surface area (Å²) in [7, 11) is 0. The quantitative estimate of drug-likeness (QED) is 0.440. The molecule has 0 aliphatic rings. The molecule has 1 amide bonds. The number of aromatic nitrogens is 2. The minimum absolute atomic E-state index is 0.0958. The first-order chi connectivity index (χ1) is 13.3. The van der Waals surface area contributed by atoms with Crippen LogP contribution in [-0.4, -0.2) is 27.8 Å². The van der Waals surface area contributed by atoms with Gasteiger partial charge in [-0.15, -0.1) is 23.1 Å². The lowest BCUT2D eigenvalue weighted by atomic mass is 10.2. The highest BCUT2D eigenvalue weighted by Crippen LogP contribution is 2.24. The van der Waals surface area contributed by atoms with Gasteiger partial charge in [-0.1, -0.05) is 30.3 Å². The third-order valence-corrected chi connectivity index (χ3v) is 6.54. The zero-order valence-electron chi connectivity index (χ0n) is 14.9. The molecule has 0 saturated heterocycles. The Morgan fingerprint density at radius 1 is 1.11 bits per heavy atom. The molecule has 1 N–H and O–H groups in total. The van der Waals surface area contributed by atoms with Crippen molar-refractivity contribution in [1.82, 2.24) is 14.9 Å². The number of aryl methyl sites for hydroxylation is 1. The molecule has 2 aromatic heterocycles. The van der Waals surface area contributed by atoms with Crippen molar-refractivity contribution in [2.75, 3.05) is 12.3 Å². The SMILES string of the molecule is O=C(CSCc1nc2ccccc2s1)NCCCn1ccc2ccccc21. The molecule has 4 rings (SSSR count). The summed E-state index contributed by atoms with van der Waals surface area (Å²) in [6.07, 6.45) is 3.04. The molecule has 0 saturated carbocycles. The predicted octanol–water partition coefficient (Wildman–Crippen LogP) is 4.69. The molecule has 0 atom stereocenters. The molecule has 0 radical (unpaired) electrons. The Morgan fingerprint density at radius 2 is 1.96 bits per heavy atom. The van der Waals surface area contributed by atoms with Gasteiger partial charge >= 0.3 is 0 Å². The van der Waals surface area contributed by atoms with Crippen molar-refractivity contribution in [3.8, 4) is 0 Å². The van der Waals surface area contributed by atoms with Gasteiger partial charge in [0.05, 0.1) is 16.0 Å². The van der Waals surface area contributed by atoms with Gasteiger partial charge in [0.15, 0.2) is 0 Å². The van der Waals surface area contributed by atoms with Crippen LogP contribution in [0.2, 0.25) is 0 Å². The molecule has 2 heterocycles. The van der Waals surface area contributed by atoms with E-state index in [0.29, 0.717) is 12.3 Å². The van der Waals surface area contributed by atoms with Crippen LogP contribution in [0.5, 0.6) is 0 Å². The summed E-state index contributed by atoms with van der Waals surface area (Å²) in [6, 6.07) is 18.6. The summed E-state index contributed by atoms with van der Waals surface area (Å²) in [5.74, 6) is 1.35. The largest absolute Gasteiger partial charge is 0.355 e. The molecule has 138 valence electrons. The second kappa shape index (κ2) is 8.59. The summed E-state index contributed by atoms with van der Waals surface area (Å²) in [5, 5.41) is 5.35. The van der Waals surface area contributed by atoms with Gasteiger partial charge in [0.25, 0.3) is 0 Å². The summed E-state index contributed by atoms with van der Waals surface area (Å²) in [6.45, 7) is 1.61. The maximum Gasteiger partial charge on any atom is 0.230 e. The highest BCUT2D eigenvalue weighted by Gasteiger charge is 2.06. The number of para-hydroxylation sites is 2. The number of nitrogens with zero attached hydrogens (tertiary/aromatic N) is 2. The van der Waals surface area contributed by atoms with Gasteiger partial charge in [-0.3, -0.25) is 4.79 Å². The predicted molar refractivity (Wildman–Crippen MR) is 115 cm³/mol. The van der Waals surface area contributed by atoms with Crippen LogP contribution < -0.4 is 5.32 Å². The van der Waals surface area contributed by atoms with Crippen molar-refractivity contribution < 1.29 is 4.79 Å². The third kappa shape index (κ3) is 4.51. The van der Waals surface area contributed by atoms with E-state index in [9.17, 15) is 4.79 Å². The first-order valence-electron chi connectivity index (χ1n) is 9.02. The Labute approximate surface area is 166 Å². The van der Waals surface area contributed by atoms with Crippen molar-refractivity contribution in [3.63, 3.8) is 0 Å². The molecule has 0 spiro atoms. The number of fused-ring (bicyclic) bond motifs is 2. The standard InChI is InChI=1S/C21H21N3OS2/c25-20(14-26-15-21-23-17-7-2-4-9-19(17)27-21)22-11-5-12-24-13-10-16-6-1-3-8-18(16)24/h1-4,6-10,13H,5,11-12,14-15H2,(H,22,25). The van der Waals surface area contributed by atoms with E-state index in [4.69, 9.17) is 0 Å². The zero-order valence-corrected chi connectivity index (χ0v) is 16.6. The lowest BCUT2D eigenvalue weighted by molar-refractivity contribution is -0.118. The fourth-order valence-electron chi connectivity index (χ4n) is 3.08. The average molecular weight is 396 g/mol. The smallest absolute Gasteiger partial charge is 0.230 e. The van der Waals surface area contributed by atoms with Crippen LogP contribution in [0.3, 0.4) is 0 Å². The number of thioether (sulfide) groups is 1. The number of amides is 1. The van der Waals surface area contributed by atoms with Crippen molar-refractivity contribution in [1.29, 1.82) is 0 Å². The minimum atomic E-state index is 0.0958. The molecule has 6 heteroatoms. The van der Waals surface area contributed by atoms with E-state index in [0.717, 1.165) is 29.2 Å². The lowest BCUT2D eigenvalue weighted by Crippen LogP contribution is -2.26. The van der Waals surface area contributed by atoms with Crippen LogP contribution >= 0.6 is 23.1 Å². The molecule has 0 fully saturated rings. The Hall–Kier alpha value is -2.31. The van der Waals surface area contributed by atoms with E-state index in [1.54, 1.807) is 23.1 Å². The van der Waals surface area contributed by atoms with Gasteiger partial charge in [0.1, 0.15) is 5.01 Å². The molecule has 0 aliphatic carbocycles. The van der Waals surface area contributed by atoms with Gasteiger partial charge in [-0.05, 0) is 36.1 Å². The number of hydrogen-bond donors (Lipinski definition) is 1. The van der Waals surface area contributed by atoms with Gasteiger partial charge in [-0.25, -0.2) is 4.98 Å². The summed E-state index contributed by atoms with van der Waals surface area (Å²) in [5.41, 5.74) is 2.29. The van der Waals surface area contributed by atoms with Crippen molar-refractivity contribution >= 4 is 50.1 Å². The number of carbonyl (C=O) groups is 1. The van der Waals surface area contributed by atoms with Crippen LogP contribution in [0, 0.1) is 0 Å². The number of thiazole rings is 1. The summed E-state index contributed by atoms with van der Waals surface area (Å²) >= 11 is 3.32. The highest BCUT2D eigenvalue weighted by atomic mass is 32.2. The summed E-state index contributed by atoms with van der Waals surface area (Å²) < 4.78 is 3.44. The summed E-state index contributed by atoms with van der Waals surface area (Å²) in [4.78, 5) is 16.6. The third-order valence-electron chi connectivity index (χ3n) is 4.38. The normalized spacial score (nSPS) is 11.3. The molecule has 4 nitrogen and oxygen atoms in total. The van der Waals surface area contributed by atoms with Gasteiger partial charge in [0, 0.05) is 30.6 Å². The van der Waals surface area contributed by atoms with Gasteiger partial charge in [0.2, 0.25) is 5.91 Å². The fraction of sp³-hybridized carbons (Fsp3) is 0.238. The first-order valence-corrected chi connectivity index (χ1v) is 11.0. The highest BCUT2D eigenvalue weighted by molar-refractivity contribution is 7.99. The van der Waals surface area contributed by atoms with Crippen LogP contribution in [0.15, 0.2) is 60.8 Å². The number of carbonyl (C=O) groups excluding carboxylic acids is 1. The topological polar surface area (TPSA) is 46.9 Å². The number of benzene rings is 2. The molecule has 2 aromatic carbocycles. The lowest BCUT2D eigenvalue weighted by Gasteiger charge is -2.07. The van der Waals surface area contributed by atoms with Crippen LogP contribution in [0.25, 0.3) is 21.1 Å².